The lowest BCUT2D eigenvalue weighted by Crippen LogP contribution is -2.18. The van der Waals surface area contributed by atoms with Crippen molar-refractivity contribution in [3.05, 3.63) is 47.3 Å². The first-order valence-corrected chi connectivity index (χ1v) is 6.97. The van der Waals surface area contributed by atoms with Gasteiger partial charge in [-0.15, -0.1) is 0 Å². The number of carbonyl (C=O) groups is 2. The number of H-pyrrole nitrogens is 1. The molecule has 0 spiro atoms. The van der Waals surface area contributed by atoms with Crippen molar-refractivity contribution in [3.8, 4) is 22.5 Å². The molecular weight excluding hydrogens is 294 g/mol. The molecule has 0 saturated carbocycles. The van der Waals surface area contributed by atoms with Crippen LogP contribution < -0.4 is 11.5 Å². The highest BCUT2D eigenvalue weighted by Gasteiger charge is 2.36. The first kappa shape index (κ1) is 13.3. The van der Waals surface area contributed by atoms with Gasteiger partial charge in [0.1, 0.15) is 5.69 Å². The Balaban J connectivity index is 1.99. The summed E-state index contributed by atoms with van der Waals surface area (Å²) in [6.07, 6.45) is 3.74. The highest BCUT2D eigenvalue weighted by molar-refractivity contribution is 6.28. The normalized spacial score (nSPS) is 12.3. The number of aryl methyl sites for hydroxylation is 1. The molecule has 0 radical (unpaired) electrons. The fourth-order valence-electron chi connectivity index (χ4n) is 3.06. The SMILES string of the molecule is Cn1ccc(-c2n[nH]c3c2C(=O)c2c-3ccc(N)c2C(N)=O)c1. The zero-order valence-electron chi connectivity index (χ0n) is 12.3. The van der Waals surface area contributed by atoms with Gasteiger partial charge >= 0.3 is 0 Å². The van der Waals surface area contributed by atoms with Crippen molar-refractivity contribution in [2.45, 2.75) is 0 Å². The third kappa shape index (κ3) is 1.67. The molecule has 1 aromatic carbocycles. The minimum absolute atomic E-state index is 0.0658. The van der Waals surface area contributed by atoms with Gasteiger partial charge in [-0.2, -0.15) is 5.10 Å². The number of ketones is 1. The molecule has 23 heavy (non-hydrogen) atoms. The number of fused-ring (bicyclic) bond motifs is 3. The van der Waals surface area contributed by atoms with Gasteiger partial charge in [-0.1, -0.05) is 0 Å². The number of hydrogen-bond acceptors (Lipinski definition) is 4. The molecule has 0 fully saturated rings. The first-order valence-electron chi connectivity index (χ1n) is 6.97. The quantitative estimate of drug-likeness (QED) is 0.483. The Morgan fingerprint density at radius 2 is 2.04 bits per heavy atom. The summed E-state index contributed by atoms with van der Waals surface area (Å²) in [6, 6.07) is 5.15. The van der Waals surface area contributed by atoms with Gasteiger partial charge in [-0.05, 0) is 18.2 Å². The minimum atomic E-state index is -0.716. The molecule has 114 valence electrons. The molecule has 0 bridgehead atoms. The van der Waals surface area contributed by atoms with E-state index in [0.717, 1.165) is 5.56 Å². The zero-order valence-corrected chi connectivity index (χ0v) is 12.3. The number of nitrogens with one attached hydrogen (secondary N) is 1. The second kappa shape index (κ2) is 4.33. The van der Waals surface area contributed by atoms with Crippen molar-refractivity contribution in [2.24, 2.45) is 12.8 Å². The van der Waals surface area contributed by atoms with Crippen LogP contribution in [-0.4, -0.2) is 26.5 Å². The van der Waals surface area contributed by atoms with Crippen molar-refractivity contribution in [1.29, 1.82) is 0 Å². The van der Waals surface area contributed by atoms with E-state index in [0.29, 0.717) is 22.5 Å². The number of rotatable bonds is 2. The fourth-order valence-corrected chi connectivity index (χ4v) is 3.06. The Labute approximate surface area is 130 Å². The molecule has 0 saturated heterocycles. The van der Waals surface area contributed by atoms with E-state index in [2.05, 4.69) is 10.2 Å². The largest absolute Gasteiger partial charge is 0.398 e. The Hall–Kier alpha value is -3.35. The van der Waals surface area contributed by atoms with Gasteiger partial charge in [0.15, 0.2) is 5.78 Å². The smallest absolute Gasteiger partial charge is 0.251 e. The average Bonchev–Trinajstić information content (AvgIpc) is 3.16. The lowest BCUT2D eigenvalue weighted by molar-refractivity contribution is 0.0983. The van der Waals surface area contributed by atoms with Crippen LogP contribution in [0.1, 0.15) is 26.3 Å². The van der Waals surface area contributed by atoms with Crippen LogP contribution in [0, 0.1) is 0 Å². The standard InChI is InChI=1S/C16H13N5O2/c1-21-5-4-7(6-21)13-12-14(20-19-13)8-2-3-9(17)11(16(18)23)10(8)15(12)22/h2-6H,17H2,1H3,(H2,18,23)(H,19,20). The third-order valence-electron chi connectivity index (χ3n) is 4.08. The maximum absolute atomic E-state index is 12.9. The van der Waals surface area contributed by atoms with Crippen molar-refractivity contribution in [3.63, 3.8) is 0 Å². The Morgan fingerprint density at radius 3 is 2.70 bits per heavy atom. The molecule has 0 atom stereocenters. The van der Waals surface area contributed by atoms with Crippen molar-refractivity contribution < 1.29 is 9.59 Å². The average molecular weight is 307 g/mol. The summed E-state index contributed by atoms with van der Waals surface area (Å²) >= 11 is 0. The maximum atomic E-state index is 12.9. The number of primary amides is 1. The van der Waals surface area contributed by atoms with Gasteiger partial charge in [0.25, 0.3) is 5.91 Å². The number of aromatic nitrogens is 3. The van der Waals surface area contributed by atoms with E-state index in [4.69, 9.17) is 11.5 Å². The van der Waals surface area contributed by atoms with Gasteiger partial charge in [0, 0.05) is 41.8 Å². The summed E-state index contributed by atoms with van der Waals surface area (Å²) in [5, 5.41) is 7.15. The number of carbonyl (C=O) groups excluding carboxylic acids is 2. The third-order valence-corrected chi connectivity index (χ3v) is 4.08. The highest BCUT2D eigenvalue weighted by atomic mass is 16.1. The molecular formula is C16H13N5O2. The molecule has 7 nitrogen and oxygen atoms in total. The van der Waals surface area contributed by atoms with Crippen LogP contribution in [0.5, 0.6) is 0 Å². The minimum Gasteiger partial charge on any atom is -0.398 e. The molecule has 0 aliphatic heterocycles. The summed E-state index contributed by atoms with van der Waals surface area (Å²) in [6.45, 7) is 0. The molecule has 7 heteroatoms. The number of nitrogens with zero attached hydrogens (tertiary/aromatic N) is 2. The maximum Gasteiger partial charge on any atom is 0.251 e. The van der Waals surface area contributed by atoms with Gasteiger partial charge in [-0.25, -0.2) is 0 Å². The van der Waals surface area contributed by atoms with Gasteiger partial charge in [0.05, 0.1) is 16.8 Å². The van der Waals surface area contributed by atoms with Crippen LogP contribution in [-0.2, 0) is 7.05 Å². The zero-order chi connectivity index (χ0) is 16.3. The van der Waals surface area contributed by atoms with E-state index in [1.807, 2.05) is 30.1 Å². The molecule has 0 unspecified atom stereocenters. The summed E-state index contributed by atoms with van der Waals surface area (Å²) < 4.78 is 1.87. The van der Waals surface area contributed by atoms with E-state index >= 15 is 0 Å². The fraction of sp³-hybridized carbons (Fsp3) is 0.0625. The van der Waals surface area contributed by atoms with E-state index < -0.39 is 5.91 Å². The van der Waals surface area contributed by atoms with Crippen LogP contribution in [0.3, 0.4) is 0 Å². The van der Waals surface area contributed by atoms with Gasteiger partial charge in [0.2, 0.25) is 0 Å². The van der Waals surface area contributed by atoms with E-state index in [9.17, 15) is 9.59 Å². The molecule has 1 aliphatic rings. The second-order valence-electron chi connectivity index (χ2n) is 5.53. The van der Waals surface area contributed by atoms with Crippen LogP contribution >= 0.6 is 0 Å². The number of hydrogen-bond donors (Lipinski definition) is 3. The summed E-state index contributed by atoms with van der Waals surface area (Å²) in [5.74, 6) is -1.00. The van der Waals surface area contributed by atoms with Crippen LogP contribution in [0.25, 0.3) is 22.5 Å². The Bertz CT molecular complexity index is 996. The molecule has 5 N–H and O–H groups in total. The number of nitrogens with two attached hydrogens (primary N) is 2. The summed E-state index contributed by atoms with van der Waals surface area (Å²) in [5.41, 5.74) is 14.8. The van der Waals surface area contributed by atoms with Crippen LogP contribution in [0.15, 0.2) is 30.6 Å². The highest BCUT2D eigenvalue weighted by Crippen LogP contribution is 2.42. The lowest BCUT2D eigenvalue weighted by Gasteiger charge is -2.07. The number of aromatic amines is 1. The van der Waals surface area contributed by atoms with E-state index in [1.54, 1.807) is 12.1 Å². The number of benzene rings is 1. The number of anilines is 1. The lowest BCUT2D eigenvalue weighted by atomic mass is 9.99. The number of amides is 1. The number of nitrogen functional groups attached to an aromatic ring is 1. The summed E-state index contributed by atoms with van der Waals surface area (Å²) in [7, 11) is 1.89. The monoisotopic (exact) mass is 307 g/mol. The Kier molecular flexibility index (Phi) is 2.51. The molecule has 2 aromatic heterocycles. The predicted molar refractivity (Wildman–Crippen MR) is 84.8 cm³/mol. The van der Waals surface area contributed by atoms with Crippen molar-refractivity contribution in [1.82, 2.24) is 14.8 Å². The van der Waals surface area contributed by atoms with E-state index in [-0.39, 0.29) is 22.6 Å². The van der Waals surface area contributed by atoms with Crippen molar-refractivity contribution >= 4 is 17.4 Å². The summed E-state index contributed by atoms with van der Waals surface area (Å²) in [4.78, 5) is 24.6. The van der Waals surface area contributed by atoms with Crippen LogP contribution in [0.2, 0.25) is 0 Å². The molecule has 3 aromatic rings. The molecule has 4 rings (SSSR count). The predicted octanol–water partition coefficient (Wildman–Crippen LogP) is 1.31. The molecule has 2 heterocycles. The van der Waals surface area contributed by atoms with Gasteiger partial charge < -0.3 is 16.0 Å². The first-order chi connectivity index (χ1) is 11.0. The Morgan fingerprint density at radius 1 is 1.26 bits per heavy atom. The van der Waals surface area contributed by atoms with E-state index in [1.165, 1.54) is 0 Å². The van der Waals surface area contributed by atoms with Crippen LogP contribution in [0.4, 0.5) is 5.69 Å². The molecule has 1 aliphatic carbocycles. The topological polar surface area (TPSA) is 120 Å². The van der Waals surface area contributed by atoms with Gasteiger partial charge in [-0.3, -0.25) is 14.7 Å². The molecule has 1 amide bonds. The van der Waals surface area contributed by atoms with Crippen molar-refractivity contribution in [2.75, 3.05) is 5.73 Å². The second-order valence-corrected chi connectivity index (χ2v) is 5.53.